The van der Waals surface area contributed by atoms with Gasteiger partial charge in [-0.25, -0.2) is 0 Å². The van der Waals surface area contributed by atoms with Crippen LogP contribution in [0.2, 0.25) is 0 Å². The van der Waals surface area contributed by atoms with Crippen molar-refractivity contribution in [3.05, 3.63) is 69.8 Å². The molecule has 0 aliphatic rings. The average molecular weight is 301 g/mol. The van der Waals surface area contributed by atoms with Crippen molar-refractivity contribution in [1.82, 2.24) is 5.32 Å². The Kier molecular flexibility index (Phi) is 4.84. The average Bonchev–Trinajstić information content (AvgIpc) is 2.47. The molecule has 0 aromatic heterocycles. The van der Waals surface area contributed by atoms with Gasteiger partial charge in [0.15, 0.2) is 5.11 Å². The number of nitrogens with one attached hydrogen (secondary N) is 2. The van der Waals surface area contributed by atoms with E-state index in [-0.39, 0.29) is 5.69 Å². The summed E-state index contributed by atoms with van der Waals surface area (Å²) in [5.74, 6) is 0. The van der Waals surface area contributed by atoms with Gasteiger partial charge in [0.05, 0.1) is 4.92 Å². The number of aryl methyl sites for hydroxylation is 1. The van der Waals surface area contributed by atoms with Gasteiger partial charge in [0.25, 0.3) is 5.69 Å². The Morgan fingerprint density at radius 2 is 1.86 bits per heavy atom. The van der Waals surface area contributed by atoms with Gasteiger partial charge in [-0.05, 0) is 30.8 Å². The molecule has 0 amide bonds. The summed E-state index contributed by atoms with van der Waals surface area (Å²) in [5.41, 5.74) is 2.66. The number of para-hydroxylation sites is 2. The van der Waals surface area contributed by atoms with Crippen LogP contribution in [0.25, 0.3) is 0 Å². The second-order valence-electron chi connectivity index (χ2n) is 4.57. The molecule has 0 bridgehead atoms. The SMILES string of the molecule is Cc1ccc(CNC(=S)Nc2ccccc2[N+](=O)[O-])cc1. The van der Waals surface area contributed by atoms with Gasteiger partial charge in [-0.3, -0.25) is 10.1 Å². The number of hydrogen-bond acceptors (Lipinski definition) is 3. The van der Waals surface area contributed by atoms with Crippen molar-refractivity contribution in [2.75, 3.05) is 5.32 Å². The monoisotopic (exact) mass is 301 g/mol. The second-order valence-corrected chi connectivity index (χ2v) is 4.98. The number of hydrogen-bond donors (Lipinski definition) is 2. The maximum Gasteiger partial charge on any atom is 0.292 e. The van der Waals surface area contributed by atoms with Crippen LogP contribution in [0.4, 0.5) is 11.4 Å². The lowest BCUT2D eigenvalue weighted by atomic mass is 10.1. The van der Waals surface area contributed by atoms with Gasteiger partial charge in [0.2, 0.25) is 0 Å². The zero-order chi connectivity index (χ0) is 15.2. The summed E-state index contributed by atoms with van der Waals surface area (Å²) in [5, 5.41) is 17.2. The fourth-order valence-corrected chi connectivity index (χ4v) is 1.98. The van der Waals surface area contributed by atoms with E-state index in [1.165, 1.54) is 11.6 Å². The largest absolute Gasteiger partial charge is 0.358 e. The Labute approximate surface area is 128 Å². The second kappa shape index (κ2) is 6.81. The smallest absolute Gasteiger partial charge is 0.292 e. The van der Waals surface area contributed by atoms with Crippen LogP contribution in [0.15, 0.2) is 48.5 Å². The predicted molar refractivity (Wildman–Crippen MR) is 87.3 cm³/mol. The quantitative estimate of drug-likeness (QED) is 0.515. The van der Waals surface area contributed by atoms with Gasteiger partial charge >= 0.3 is 0 Å². The Balaban J connectivity index is 1.96. The van der Waals surface area contributed by atoms with Gasteiger partial charge in [-0.15, -0.1) is 0 Å². The molecule has 0 radical (unpaired) electrons. The predicted octanol–water partition coefficient (Wildman–Crippen LogP) is 3.39. The van der Waals surface area contributed by atoms with Crippen molar-refractivity contribution in [3.8, 4) is 0 Å². The van der Waals surface area contributed by atoms with E-state index in [4.69, 9.17) is 12.2 Å². The zero-order valence-corrected chi connectivity index (χ0v) is 12.3. The molecule has 2 aromatic rings. The van der Waals surface area contributed by atoms with E-state index < -0.39 is 4.92 Å². The standard InChI is InChI=1S/C15H15N3O2S/c1-11-6-8-12(9-7-11)10-16-15(21)17-13-4-2-3-5-14(13)18(19)20/h2-9H,10H2,1H3,(H2,16,17,21). The van der Waals surface area contributed by atoms with Crippen LogP contribution in [0.3, 0.4) is 0 Å². The first kappa shape index (κ1) is 14.9. The van der Waals surface area contributed by atoms with Crippen molar-refractivity contribution >= 4 is 28.7 Å². The third-order valence-electron chi connectivity index (χ3n) is 2.92. The molecular weight excluding hydrogens is 286 g/mol. The molecular formula is C15H15N3O2S. The fraction of sp³-hybridized carbons (Fsp3) is 0.133. The summed E-state index contributed by atoms with van der Waals surface area (Å²) in [6.45, 7) is 2.59. The van der Waals surface area contributed by atoms with Crippen LogP contribution in [0.1, 0.15) is 11.1 Å². The molecule has 6 heteroatoms. The number of nitro groups is 1. The van der Waals surface area contributed by atoms with Crippen LogP contribution >= 0.6 is 12.2 Å². The minimum absolute atomic E-state index is 0.00279. The Morgan fingerprint density at radius 3 is 2.52 bits per heavy atom. The molecule has 0 unspecified atom stereocenters. The van der Waals surface area contributed by atoms with Gasteiger partial charge in [0, 0.05) is 12.6 Å². The van der Waals surface area contributed by atoms with Gasteiger partial charge in [0.1, 0.15) is 5.69 Å². The summed E-state index contributed by atoms with van der Waals surface area (Å²) in [6, 6.07) is 14.5. The highest BCUT2D eigenvalue weighted by Gasteiger charge is 2.12. The first-order valence-electron chi connectivity index (χ1n) is 6.40. The van der Waals surface area contributed by atoms with E-state index in [9.17, 15) is 10.1 Å². The molecule has 5 nitrogen and oxygen atoms in total. The van der Waals surface area contributed by atoms with Crippen LogP contribution in [0.5, 0.6) is 0 Å². The van der Waals surface area contributed by atoms with Crippen molar-refractivity contribution in [2.45, 2.75) is 13.5 Å². The van der Waals surface area contributed by atoms with Crippen LogP contribution in [-0.2, 0) is 6.54 Å². The van der Waals surface area contributed by atoms with Gasteiger partial charge < -0.3 is 10.6 Å². The molecule has 108 valence electrons. The Hall–Kier alpha value is -2.47. The highest BCUT2D eigenvalue weighted by atomic mass is 32.1. The molecule has 0 atom stereocenters. The number of benzene rings is 2. The maximum absolute atomic E-state index is 10.9. The van der Waals surface area contributed by atoms with E-state index in [0.717, 1.165) is 5.56 Å². The Bertz CT molecular complexity index is 656. The summed E-state index contributed by atoms with van der Waals surface area (Å²) in [6.07, 6.45) is 0. The summed E-state index contributed by atoms with van der Waals surface area (Å²) >= 11 is 5.16. The summed E-state index contributed by atoms with van der Waals surface area (Å²) < 4.78 is 0. The van der Waals surface area contributed by atoms with E-state index in [1.807, 2.05) is 31.2 Å². The van der Waals surface area contributed by atoms with Crippen molar-refractivity contribution < 1.29 is 4.92 Å². The topological polar surface area (TPSA) is 67.2 Å². The van der Waals surface area contributed by atoms with Crippen LogP contribution < -0.4 is 10.6 Å². The highest BCUT2D eigenvalue weighted by Crippen LogP contribution is 2.22. The van der Waals surface area contributed by atoms with Crippen molar-refractivity contribution in [2.24, 2.45) is 0 Å². The normalized spacial score (nSPS) is 9.95. The number of nitrogens with zero attached hydrogens (tertiary/aromatic N) is 1. The first-order valence-corrected chi connectivity index (χ1v) is 6.81. The zero-order valence-electron chi connectivity index (χ0n) is 11.5. The summed E-state index contributed by atoms with van der Waals surface area (Å²) in [4.78, 5) is 10.5. The molecule has 0 heterocycles. The Morgan fingerprint density at radius 1 is 1.19 bits per heavy atom. The molecule has 2 aromatic carbocycles. The fourth-order valence-electron chi connectivity index (χ4n) is 1.79. The van der Waals surface area contributed by atoms with E-state index >= 15 is 0 Å². The van der Waals surface area contributed by atoms with E-state index in [0.29, 0.717) is 17.3 Å². The lowest BCUT2D eigenvalue weighted by molar-refractivity contribution is -0.383. The van der Waals surface area contributed by atoms with Crippen molar-refractivity contribution in [1.29, 1.82) is 0 Å². The first-order chi connectivity index (χ1) is 10.1. The summed E-state index contributed by atoms with van der Waals surface area (Å²) in [7, 11) is 0. The number of thiocarbonyl (C=S) groups is 1. The minimum atomic E-state index is -0.440. The van der Waals surface area contributed by atoms with Gasteiger partial charge in [-0.2, -0.15) is 0 Å². The lowest BCUT2D eigenvalue weighted by Crippen LogP contribution is -2.28. The third-order valence-corrected chi connectivity index (χ3v) is 3.17. The number of anilines is 1. The van der Waals surface area contributed by atoms with E-state index in [2.05, 4.69) is 10.6 Å². The van der Waals surface area contributed by atoms with Crippen LogP contribution in [0, 0.1) is 17.0 Å². The van der Waals surface area contributed by atoms with E-state index in [1.54, 1.807) is 18.2 Å². The molecule has 2 rings (SSSR count). The number of nitro benzene ring substituents is 1. The number of rotatable bonds is 4. The highest BCUT2D eigenvalue weighted by molar-refractivity contribution is 7.80. The lowest BCUT2D eigenvalue weighted by Gasteiger charge is -2.11. The molecule has 0 aliphatic heterocycles. The molecule has 21 heavy (non-hydrogen) atoms. The molecule has 0 fully saturated rings. The maximum atomic E-state index is 10.9. The molecule has 0 aliphatic carbocycles. The molecule has 0 saturated carbocycles. The van der Waals surface area contributed by atoms with Crippen LogP contribution in [-0.4, -0.2) is 10.0 Å². The minimum Gasteiger partial charge on any atom is -0.358 e. The van der Waals surface area contributed by atoms with Crippen molar-refractivity contribution in [3.63, 3.8) is 0 Å². The molecule has 0 saturated heterocycles. The third kappa shape index (κ3) is 4.25. The van der Waals surface area contributed by atoms with Gasteiger partial charge in [-0.1, -0.05) is 42.0 Å². The molecule has 2 N–H and O–H groups in total. The molecule has 0 spiro atoms.